The zero-order valence-electron chi connectivity index (χ0n) is 18.2. The van der Waals surface area contributed by atoms with Crippen LogP contribution in [0.15, 0.2) is 38.5 Å². The van der Waals surface area contributed by atoms with Crippen molar-refractivity contribution in [1.29, 1.82) is 0 Å². The van der Waals surface area contributed by atoms with Gasteiger partial charge in [-0.05, 0) is 24.5 Å². The van der Waals surface area contributed by atoms with Crippen LogP contribution in [0.4, 0.5) is 11.5 Å². The number of nitrogens with two attached hydrogens (primary N) is 1. The van der Waals surface area contributed by atoms with E-state index in [2.05, 4.69) is 4.98 Å². The lowest BCUT2D eigenvalue weighted by molar-refractivity contribution is -0.118. The predicted octanol–water partition coefficient (Wildman–Crippen LogP) is 2.05. The molecule has 3 N–H and O–H groups in total. The number of anilines is 2. The van der Waals surface area contributed by atoms with Crippen molar-refractivity contribution in [2.24, 2.45) is 5.92 Å². The van der Waals surface area contributed by atoms with Crippen LogP contribution < -0.4 is 21.9 Å². The Bertz CT molecular complexity index is 1200. The summed E-state index contributed by atoms with van der Waals surface area (Å²) in [6, 6.07) is 5.75. The number of H-pyrrole nitrogens is 1. The minimum absolute atomic E-state index is 0.00195. The minimum Gasteiger partial charge on any atom is -0.464 e. The van der Waals surface area contributed by atoms with Crippen molar-refractivity contribution in [2.45, 2.75) is 33.7 Å². The van der Waals surface area contributed by atoms with Crippen LogP contribution in [-0.4, -0.2) is 35.7 Å². The zero-order valence-corrected chi connectivity index (χ0v) is 18.2. The van der Waals surface area contributed by atoms with E-state index in [0.29, 0.717) is 17.7 Å². The minimum atomic E-state index is -0.709. The maximum Gasteiger partial charge on any atom is 0.330 e. The molecule has 2 heterocycles. The zero-order chi connectivity index (χ0) is 22.7. The van der Waals surface area contributed by atoms with E-state index in [1.807, 2.05) is 39.0 Å². The molecule has 0 bridgehead atoms. The lowest BCUT2D eigenvalue weighted by Gasteiger charge is -2.24. The van der Waals surface area contributed by atoms with Gasteiger partial charge in [-0.15, -0.1) is 0 Å². The first-order chi connectivity index (χ1) is 14.7. The van der Waals surface area contributed by atoms with Crippen molar-refractivity contribution in [2.75, 3.05) is 30.9 Å². The highest BCUT2D eigenvalue weighted by molar-refractivity contribution is 5.98. The number of hydrogen-bond acceptors (Lipinski definition) is 6. The molecule has 0 saturated carbocycles. The number of nitrogens with zero attached hydrogens (tertiary/aromatic N) is 2. The van der Waals surface area contributed by atoms with Crippen LogP contribution >= 0.6 is 0 Å². The number of furan rings is 1. The van der Waals surface area contributed by atoms with E-state index >= 15 is 0 Å². The summed E-state index contributed by atoms with van der Waals surface area (Å²) < 4.78 is 12.0. The quantitative estimate of drug-likeness (QED) is 0.566. The van der Waals surface area contributed by atoms with Crippen LogP contribution in [0, 0.1) is 12.8 Å². The molecule has 31 heavy (non-hydrogen) atoms. The molecule has 3 rings (SSSR count). The molecule has 0 radical (unpaired) electrons. The highest BCUT2D eigenvalue weighted by Gasteiger charge is 2.25. The summed E-state index contributed by atoms with van der Waals surface area (Å²) in [5.74, 6) is -0.283. The topological polar surface area (TPSA) is 124 Å². The fraction of sp³-hybridized carbons (Fsp3) is 0.409. The molecule has 0 aliphatic rings. The second kappa shape index (κ2) is 9.22. The van der Waals surface area contributed by atoms with Crippen molar-refractivity contribution in [3.05, 3.63) is 56.4 Å². The Hall–Kier alpha value is -3.33. The van der Waals surface area contributed by atoms with Crippen LogP contribution in [0.5, 0.6) is 0 Å². The largest absolute Gasteiger partial charge is 0.464 e. The summed E-state index contributed by atoms with van der Waals surface area (Å²) in [6.07, 6.45) is 1.55. The van der Waals surface area contributed by atoms with Gasteiger partial charge >= 0.3 is 5.69 Å². The molecule has 0 saturated heterocycles. The van der Waals surface area contributed by atoms with Crippen molar-refractivity contribution in [1.82, 2.24) is 9.55 Å². The molecule has 166 valence electrons. The molecule has 0 fully saturated rings. The summed E-state index contributed by atoms with van der Waals surface area (Å²) in [4.78, 5) is 41.8. The molecule has 3 aromatic rings. The first-order valence-electron chi connectivity index (χ1n) is 10.1. The van der Waals surface area contributed by atoms with Gasteiger partial charge in [0.15, 0.2) is 5.69 Å². The van der Waals surface area contributed by atoms with Gasteiger partial charge in [0.2, 0.25) is 5.91 Å². The second-order valence-corrected chi connectivity index (χ2v) is 7.97. The highest BCUT2D eigenvalue weighted by atomic mass is 16.5. The van der Waals surface area contributed by atoms with Gasteiger partial charge in [0.05, 0.1) is 19.3 Å². The fourth-order valence-electron chi connectivity index (χ4n) is 3.51. The number of nitrogens with one attached hydrogen (secondary N) is 1. The number of ether oxygens (including phenoxy) is 1. The van der Waals surface area contributed by atoms with Gasteiger partial charge < -0.3 is 19.8 Å². The molecule has 9 heteroatoms. The van der Waals surface area contributed by atoms with Gasteiger partial charge in [0.25, 0.3) is 5.56 Å². The maximum absolute atomic E-state index is 13.3. The van der Waals surface area contributed by atoms with Crippen molar-refractivity contribution in [3.63, 3.8) is 0 Å². The van der Waals surface area contributed by atoms with Gasteiger partial charge in [0, 0.05) is 31.1 Å². The van der Waals surface area contributed by atoms with E-state index in [1.54, 1.807) is 6.26 Å². The first-order valence-corrected chi connectivity index (χ1v) is 10.1. The Morgan fingerprint density at radius 3 is 2.74 bits per heavy atom. The summed E-state index contributed by atoms with van der Waals surface area (Å²) >= 11 is 0. The van der Waals surface area contributed by atoms with Crippen LogP contribution in [0.2, 0.25) is 0 Å². The van der Waals surface area contributed by atoms with Crippen LogP contribution in [0.3, 0.4) is 0 Å². The van der Waals surface area contributed by atoms with E-state index in [4.69, 9.17) is 14.9 Å². The number of amides is 1. The van der Waals surface area contributed by atoms with Gasteiger partial charge in [-0.3, -0.25) is 19.1 Å². The average molecular weight is 428 g/mol. The lowest BCUT2D eigenvalue weighted by atomic mass is 10.1. The molecule has 1 amide bonds. The van der Waals surface area contributed by atoms with Crippen LogP contribution in [0.25, 0.3) is 11.0 Å². The number of benzene rings is 1. The van der Waals surface area contributed by atoms with Crippen molar-refractivity contribution in [3.8, 4) is 0 Å². The lowest BCUT2D eigenvalue weighted by Crippen LogP contribution is -2.43. The Labute approximate surface area is 179 Å². The van der Waals surface area contributed by atoms with E-state index in [9.17, 15) is 14.4 Å². The van der Waals surface area contributed by atoms with Crippen molar-refractivity contribution < 1.29 is 13.9 Å². The third kappa shape index (κ3) is 4.72. The molecular weight excluding hydrogens is 400 g/mol. The smallest absolute Gasteiger partial charge is 0.330 e. The summed E-state index contributed by atoms with van der Waals surface area (Å²) in [6.45, 7) is 6.43. The number of aromatic amines is 1. The van der Waals surface area contributed by atoms with Gasteiger partial charge in [0.1, 0.15) is 11.4 Å². The molecule has 0 unspecified atom stereocenters. The summed E-state index contributed by atoms with van der Waals surface area (Å²) in [5.41, 5.74) is 7.29. The van der Waals surface area contributed by atoms with E-state index in [0.717, 1.165) is 10.9 Å². The molecule has 0 atom stereocenters. The Morgan fingerprint density at radius 1 is 1.32 bits per heavy atom. The first kappa shape index (κ1) is 22.4. The standard InChI is InChI=1S/C22H28N4O5/c1-13(2)11-26-20(23)19(21(28)24-22(26)29)25(7-8-30-4)18(27)10-15-12-31-17-9-14(3)5-6-16(15)17/h5-6,9,12-13H,7-8,10-11,23H2,1-4H3,(H,24,28,29). The van der Waals surface area contributed by atoms with Gasteiger partial charge in [-0.2, -0.15) is 0 Å². The van der Waals surface area contributed by atoms with E-state index in [1.165, 1.54) is 16.6 Å². The predicted molar refractivity (Wildman–Crippen MR) is 119 cm³/mol. The van der Waals surface area contributed by atoms with Crippen LogP contribution in [0.1, 0.15) is 25.0 Å². The van der Waals surface area contributed by atoms with Gasteiger partial charge in [-0.1, -0.05) is 26.0 Å². The normalized spacial score (nSPS) is 11.4. The molecule has 2 aromatic heterocycles. The maximum atomic E-state index is 13.3. The third-order valence-corrected chi connectivity index (χ3v) is 5.00. The highest BCUT2D eigenvalue weighted by Crippen LogP contribution is 2.25. The fourth-order valence-corrected chi connectivity index (χ4v) is 3.51. The number of carbonyl (C=O) groups is 1. The number of methoxy groups -OCH3 is 1. The van der Waals surface area contributed by atoms with E-state index in [-0.39, 0.29) is 42.9 Å². The number of aromatic nitrogens is 2. The molecule has 0 aliphatic carbocycles. The summed E-state index contributed by atoms with van der Waals surface area (Å²) in [5, 5.41) is 0.831. The SMILES string of the molecule is COCCN(C(=O)Cc1coc2cc(C)ccc12)c1c(N)n(CC(C)C)c(=O)[nH]c1=O. The van der Waals surface area contributed by atoms with Crippen LogP contribution in [-0.2, 0) is 22.5 Å². The number of fused-ring (bicyclic) bond motifs is 1. The third-order valence-electron chi connectivity index (χ3n) is 5.00. The van der Waals surface area contributed by atoms with Gasteiger partial charge in [-0.25, -0.2) is 4.79 Å². The Balaban J connectivity index is 2.02. The van der Waals surface area contributed by atoms with Crippen molar-refractivity contribution >= 4 is 28.4 Å². The van der Waals surface area contributed by atoms with E-state index < -0.39 is 11.2 Å². The number of rotatable bonds is 8. The monoisotopic (exact) mass is 428 g/mol. The Kier molecular flexibility index (Phi) is 6.65. The average Bonchev–Trinajstić information content (AvgIpc) is 3.08. The molecular formula is C22H28N4O5. The molecule has 0 aliphatic heterocycles. The number of aryl methyl sites for hydroxylation is 1. The number of hydrogen-bond donors (Lipinski definition) is 2. The summed E-state index contributed by atoms with van der Waals surface area (Å²) in [7, 11) is 1.50. The molecule has 9 nitrogen and oxygen atoms in total. The number of carbonyl (C=O) groups excluding carboxylic acids is 1. The second-order valence-electron chi connectivity index (χ2n) is 7.97. The number of nitrogen functional groups attached to an aromatic ring is 1. The molecule has 0 spiro atoms. The molecule has 1 aromatic carbocycles. The Morgan fingerprint density at radius 2 is 2.06 bits per heavy atom.